The van der Waals surface area contributed by atoms with Crippen molar-refractivity contribution in [2.24, 2.45) is 0 Å². The molecule has 0 aliphatic rings. The Balaban J connectivity index is 3.28. The van der Waals surface area contributed by atoms with Crippen LogP contribution in [0.5, 0.6) is 0 Å². The molecule has 0 fully saturated rings. The molecule has 0 aromatic carbocycles. The highest BCUT2D eigenvalue weighted by Gasteiger charge is 2.14. The number of rotatable bonds is 6. The summed E-state index contributed by atoms with van der Waals surface area (Å²) >= 11 is 0. The summed E-state index contributed by atoms with van der Waals surface area (Å²) in [5.74, 6) is -0.388. The highest BCUT2D eigenvalue weighted by Crippen LogP contribution is 2.13. The van der Waals surface area contributed by atoms with Crippen LogP contribution < -0.4 is 0 Å². The van der Waals surface area contributed by atoms with Gasteiger partial charge in [-0.1, -0.05) is 13.3 Å². The van der Waals surface area contributed by atoms with Crippen LogP contribution in [0, 0.1) is 0 Å². The molecule has 0 heterocycles. The lowest BCUT2D eigenvalue weighted by atomic mass is 10.4. The van der Waals surface area contributed by atoms with Gasteiger partial charge in [0.05, 0.1) is 13.0 Å². The molecule has 4 nitrogen and oxygen atoms in total. The SMILES string of the molecule is CCCCOC(=O)CC[P+](=O)O. The van der Waals surface area contributed by atoms with Crippen LogP contribution >= 0.6 is 8.03 Å². The third-order valence-electron chi connectivity index (χ3n) is 1.27. The van der Waals surface area contributed by atoms with Crippen molar-refractivity contribution in [1.29, 1.82) is 0 Å². The summed E-state index contributed by atoms with van der Waals surface area (Å²) in [7, 11) is -2.20. The number of unbranched alkanes of at least 4 members (excludes halogenated alkanes) is 1. The van der Waals surface area contributed by atoms with Crippen LogP contribution in [-0.4, -0.2) is 23.6 Å². The molecule has 0 rings (SSSR count). The summed E-state index contributed by atoms with van der Waals surface area (Å²) in [5, 5.41) is 0. The summed E-state index contributed by atoms with van der Waals surface area (Å²) in [5.41, 5.74) is 0. The van der Waals surface area contributed by atoms with E-state index in [2.05, 4.69) is 0 Å². The molecule has 70 valence electrons. The second-order valence-corrected chi connectivity index (χ2v) is 3.55. The van der Waals surface area contributed by atoms with E-state index in [1.165, 1.54) is 0 Å². The van der Waals surface area contributed by atoms with Crippen molar-refractivity contribution in [1.82, 2.24) is 0 Å². The minimum absolute atomic E-state index is 0.000289. The summed E-state index contributed by atoms with van der Waals surface area (Å²) in [4.78, 5) is 19.1. The Morgan fingerprint density at radius 2 is 2.25 bits per heavy atom. The molecule has 1 N–H and O–H groups in total. The Labute approximate surface area is 72.8 Å². The lowest BCUT2D eigenvalue weighted by molar-refractivity contribution is -0.143. The normalized spacial score (nSPS) is 11.0. The molecule has 0 aliphatic heterocycles. The standard InChI is InChI=1S/C7H13O4P/c1-2-3-5-11-7(8)4-6-12(9)10/h2-6H2,1H3/p+1. The van der Waals surface area contributed by atoms with E-state index in [0.29, 0.717) is 6.61 Å². The lowest BCUT2D eigenvalue weighted by Gasteiger charge is -1.99. The second kappa shape index (κ2) is 7.19. The number of carbonyl (C=O) groups is 1. The van der Waals surface area contributed by atoms with Gasteiger partial charge in [0.1, 0.15) is 0 Å². The highest BCUT2D eigenvalue weighted by molar-refractivity contribution is 7.38. The van der Waals surface area contributed by atoms with Gasteiger partial charge in [0, 0.05) is 0 Å². The Kier molecular flexibility index (Phi) is 6.91. The van der Waals surface area contributed by atoms with Crippen LogP contribution in [0.4, 0.5) is 0 Å². The Hall–Kier alpha value is -0.470. The van der Waals surface area contributed by atoms with E-state index in [1.807, 2.05) is 6.92 Å². The molecule has 0 aromatic rings. The van der Waals surface area contributed by atoms with Gasteiger partial charge in [-0.25, -0.2) is 0 Å². The van der Waals surface area contributed by atoms with E-state index < -0.39 is 8.03 Å². The average Bonchev–Trinajstić information content (AvgIpc) is 2.01. The molecule has 0 radical (unpaired) electrons. The van der Waals surface area contributed by atoms with E-state index >= 15 is 0 Å². The van der Waals surface area contributed by atoms with Gasteiger partial charge in [-0.2, -0.15) is 4.89 Å². The molecule has 0 aromatic heterocycles. The first-order valence-electron chi connectivity index (χ1n) is 3.96. The van der Waals surface area contributed by atoms with Gasteiger partial charge in [0.25, 0.3) is 0 Å². The molecule has 0 amide bonds. The minimum atomic E-state index is -2.20. The van der Waals surface area contributed by atoms with Crippen LogP contribution in [0.15, 0.2) is 0 Å². The first-order valence-corrected chi connectivity index (χ1v) is 5.35. The van der Waals surface area contributed by atoms with Crippen LogP contribution in [0.2, 0.25) is 0 Å². The van der Waals surface area contributed by atoms with Crippen molar-refractivity contribution < 1.29 is 19.0 Å². The first-order chi connectivity index (χ1) is 5.66. The molecule has 1 atom stereocenters. The third-order valence-corrected chi connectivity index (χ3v) is 1.87. The zero-order valence-corrected chi connectivity index (χ0v) is 8.05. The van der Waals surface area contributed by atoms with E-state index in [-0.39, 0.29) is 18.6 Å². The van der Waals surface area contributed by atoms with Crippen LogP contribution in [0.25, 0.3) is 0 Å². The maximum Gasteiger partial charge on any atom is 0.506 e. The summed E-state index contributed by atoms with van der Waals surface area (Å²) in [6.45, 7) is 2.41. The van der Waals surface area contributed by atoms with E-state index in [1.54, 1.807) is 0 Å². The predicted octanol–water partition coefficient (Wildman–Crippen LogP) is 1.45. The largest absolute Gasteiger partial charge is 0.506 e. The fraction of sp³-hybridized carbons (Fsp3) is 0.857. The monoisotopic (exact) mass is 193 g/mol. The molecule has 12 heavy (non-hydrogen) atoms. The molecule has 1 unspecified atom stereocenters. The zero-order valence-electron chi connectivity index (χ0n) is 7.15. The first kappa shape index (κ1) is 11.5. The lowest BCUT2D eigenvalue weighted by Crippen LogP contribution is -2.06. The van der Waals surface area contributed by atoms with Gasteiger partial charge >= 0.3 is 14.0 Å². The van der Waals surface area contributed by atoms with Crippen molar-refractivity contribution in [2.45, 2.75) is 26.2 Å². The van der Waals surface area contributed by atoms with Gasteiger partial charge in [-0.15, -0.1) is 0 Å². The molecule has 5 heteroatoms. The predicted molar refractivity (Wildman–Crippen MR) is 45.2 cm³/mol. The summed E-state index contributed by atoms with van der Waals surface area (Å²) < 4.78 is 14.9. The Morgan fingerprint density at radius 1 is 1.58 bits per heavy atom. The van der Waals surface area contributed by atoms with E-state index in [9.17, 15) is 9.36 Å². The zero-order chi connectivity index (χ0) is 9.40. The van der Waals surface area contributed by atoms with Gasteiger partial charge in [-0.3, -0.25) is 4.79 Å². The second-order valence-electron chi connectivity index (χ2n) is 2.40. The molecule has 0 saturated carbocycles. The molecular weight excluding hydrogens is 179 g/mol. The van der Waals surface area contributed by atoms with Gasteiger partial charge in [0.15, 0.2) is 6.16 Å². The summed E-state index contributed by atoms with van der Waals surface area (Å²) in [6, 6.07) is 0. The highest BCUT2D eigenvalue weighted by atomic mass is 31.1. The van der Waals surface area contributed by atoms with Crippen molar-refractivity contribution in [2.75, 3.05) is 12.8 Å². The average molecular weight is 193 g/mol. The smallest absolute Gasteiger partial charge is 0.466 e. The summed E-state index contributed by atoms with van der Waals surface area (Å²) in [6.07, 6.45) is 1.86. The maximum absolute atomic E-state index is 10.8. The van der Waals surface area contributed by atoms with E-state index in [4.69, 9.17) is 9.63 Å². The number of carbonyl (C=O) groups excluding carboxylic acids is 1. The third kappa shape index (κ3) is 7.63. The Morgan fingerprint density at radius 3 is 2.75 bits per heavy atom. The maximum atomic E-state index is 10.8. The molecule has 0 spiro atoms. The van der Waals surface area contributed by atoms with Crippen molar-refractivity contribution in [3.05, 3.63) is 0 Å². The molecule has 0 aliphatic carbocycles. The van der Waals surface area contributed by atoms with Crippen molar-refractivity contribution >= 4 is 14.0 Å². The van der Waals surface area contributed by atoms with Crippen molar-refractivity contribution in [3.8, 4) is 0 Å². The fourth-order valence-corrected chi connectivity index (χ4v) is 0.963. The molecule has 0 bridgehead atoms. The number of hydrogen-bond donors (Lipinski definition) is 1. The fourth-order valence-electron chi connectivity index (χ4n) is 0.589. The number of hydrogen-bond acceptors (Lipinski definition) is 3. The van der Waals surface area contributed by atoms with Gasteiger partial charge in [-0.05, 0) is 11.0 Å². The van der Waals surface area contributed by atoms with Crippen LogP contribution in [0.1, 0.15) is 26.2 Å². The number of esters is 1. The topological polar surface area (TPSA) is 63.6 Å². The van der Waals surface area contributed by atoms with Gasteiger partial charge < -0.3 is 4.74 Å². The minimum Gasteiger partial charge on any atom is -0.466 e. The van der Waals surface area contributed by atoms with Crippen LogP contribution in [-0.2, 0) is 14.1 Å². The van der Waals surface area contributed by atoms with Gasteiger partial charge in [0.2, 0.25) is 0 Å². The molecular formula is C7H14O4P+. The number of ether oxygens (including phenoxy) is 1. The van der Waals surface area contributed by atoms with Crippen molar-refractivity contribution in [3.63, 3.8) is 0 Å². The quantitative estimate of drug-likeness (QED) is 0.394. The Bertz CT molecular complexity index is 157. The molecule has 0 saturated heterocycles. The van der Waals surface area contributed by atoms with Crippen LogP contribution in [0.3, 0.4) is 0 Å². The van der Waals surface area contributed by atoms with E-state index in [0.717, 1.165) is 12.8 Å².